The van der Waals surface area contributed by atoms with Gasteiger partial charge < -0.3 is 14.7 Å². The second-order valence-electron chi connectivity index (χ2n) is 8.14. The second kappa shape index (κ2) is 6.20. The molecule has 1 aromatic rings. The molecule has 0 radical (unpaired) electrons. The summed E-state index contributed by atoms with van der Waals surface area (Å²) in [7, 11) is 0. The van der Waals surface area contributed by atoms with Gasteiger partial charge in [0.25, 0.3) is 0 Å². The molecule has 26 heavy (non-hydrogen) atoms. The topological polar surface area (TPSA) is 73.6 Å². The first kappa shape index (κ1) is 18.6. The van der Waals surface area contributed by atoms with E-state index in [1.165, 1.54) is 0 Å². The molecule has 1 aromatic carbocycles. The number of carbonyl (C=O) groups excluding carboxylic acids is 1. The molecule has 2 atom stereocenters. The molecule has 0 saturated carbocycles. The molecule has 2 saturated heterocycles. The second-order valence-corrected chi connectivity index (χ2v) is 8.14. The summed E-state index contributed by atoms with van der Waals surface area (Å²) in [6, 6.07) is 2.70. The van der Waals surface area contributed by atoms with Gasteiger partial charge in [0.05, 0.1) is 11.2 Å². The SMILES string of the molecule is CC(C)(C)OC(=O)N1C2CCC1CC(O)(c1cc(F)c(C#N)cc1F)C2. The van der Waals surface area contributed by atoms with Crippen LogP contribution < -0.4 is 0 Å². The average molecular weight is 364 g/mol. The molecule has 1 amide bonds. The molecule has 2 heterocycles. The molecule has 0 spiro atoms. The van der Waals surface area contributed by atoms with E-state index in [2.05, 4.69) is 0 Å². The standard InChI is InChI=1S/C19H22F2N2O3/c1-18(2,3)26-17(24)23-12-4-5-13(23)9-19(25,8-12)14-7-15(20)11(10-22)6-16(14)21/h6-7,12-13,25H,4-5,8-9H2,1-3H3. The van der Waals surface area contributed by atoms with Gasteiger partial charge in [-0.2, -0.15) is 5.26 Å². The van der Waals surface area contributed by atoms with E-state index >= 15 is 0 Å². The fourth-order valence-electron chi connectivity index (χ4n) is 4.05. The summed E-state index contributed by atoms with van der Waals surface area (Å²) >= 11 is 0. The van der Waals surface area contributed by atoms with Gasteiger partial charge in [-0.15, -0.1) is 0 Å². The van der Waals surface area contributed by atoms with Gasteiger partial charge in [-0.1, -0.05) is 0 Å². The minimum absolute atomic E-state index is 0.102. The molecule has 2 fully saturated rings. The third-order valence-corrected chi connectivity index (χ3v) is 5.05. The molecular formula is C19H22F2N2O3. The highest BCUT2D eigenvalue weighted by Crippen LogP contribution is 2.47. The lowest BCUT2D eigenvalue weighted by molar-refractivity contribution is -0.0642. The number of aliphatic hydroxyl groups is 1. The summed E-state index contributed by atoms with van der Waals surface area (Å²) in [4.78, 5) is 14.1. The zero-order valence-electron chi connectivity index (χ0n) is 15.1. The number of carbonyl (C=O) groups is 1. The molecule has 1 N–H and O–H groups in total. The van der Waals surface area contributed by atoms with Crippen LogP contribution in [0.5, 0.6) is 0 Å². The molecule has 0 aromatic heterocycles. The summed E-state index contributed by atoms with van der Waals surface area (Å²) in [5, 5.41) is 19.9. The van der Waals surface area contributed by atoms with Crippen molar-refractivity contribution in [3.8, 4) is 6.07 Å². The predicted octanol–water partition coefficient (Wildman–Crippen LogP) is 3.59. The van der Waals surface area contributed by atoms with Crippen LogP contribution in [0.25, 0.3) is 0 Å². The number of hydrogen-bond donors (Lipinski definition) is 1. The number of rotatable bonds is 1. The van der Waals surface area contributed by atoms with Crippen LogP contribution >= 0.6 is 0 Å². The predicted molar refractivity (Wildman–Crippen MR) is 89.1 cm³/mol. The minimum Gasteiger partial charge on any atom is -0.444 e. The van der Waals surface area contributed by atoms with Crippen LogP contribution in [0.2, 0.25) is 0 Å². The lowest BCUT2D eigenvalue weighted by Gasteiger charge is -2.44. The van der Waals surface area contributed by atoms with E-state index in [0.29, 0.717) is 12.8 Å². The van der Waals surface area contributed by atoms with Crippen LogP contribution in [-0.2, 0) is 10.3 Å². The molecule has 3 rings (SSSR count). The zero-order chi connectivity index (χ0) is 19.3. The van der Waals surface area contributed by atoms with E-state index in [0.717, 1.165) is 12.1 Å². The number of benzene rings is 1. The Bertz CT molecular complexity index is 768. The van der Waals surface area contributed by atoms with Crippen molar-refractivity contribution >= 4 is 6.09 Å². The quantitative estimate of drug-likeness (QED) is 0.826. The number of ether oxygens (including phenoxy) is 1. The fraction of sp³-hybridized carbons (Fsp3) is 0.579. The number of nitrogens with zero attached hydrogens (tertiary/aromatic N) is 2. The molecule has 5 nitrogen and oxygen atoms in total. The molecule has 2 aliphatic rings. The van der Waals surface area contributed by atoms with Gasteiger partial charge in [-0.05, 0) is 45.7 Å². The monoisotopic (exact) mass is 364 g/mol. The van der Waals surface area contributed by atoms with Gasteiger partial charge >= 0.3 is 6.09 Å². The van der Waals surface area contributed by atoms with Crippen molar-refractivity contribution in [3.63, 3.8) is 0 Å². The summed E-state index contributed by atoms with van der Waals surface area (Å²) in [5.41, 5.74) is -2.77. The normalized spacial score (nSPS) is 28.0. The van der Waals surface area contributed by atoms with E-state index in [1.807, 2.05) is 0 Å². The van der Waals surface area contributed by atoms with Crippen molar-refractivity contribution in [1.82, 2.24) is 4.90 Å². The largest absolute Gasteiger partial charge is 0.444 e. The molecule has 7 heteroatoms. The Labute approximate surface area is 151 Å². The highest BCUT2D eigenvalue weighted by Gasteiger charge is 2.52. The van der Waals surface area contributed by atoms with Gasteiger partial charge in [0, 0.05) is 30.5 Å². The first-order chi connectivity index (χ1) is 12.0. The van der Waals surface area contributed by atoms with Crippen molar-refractivity contribution in [2.45, 2.75) is 69.7 Å². The summed E-state index contributed by atoms with van der Waals surface area (Å²) < 4.78 is 33.8. The summed E-state index contributed by atoms with van der Waals surface area (Å²) in [6.45, 7) is 5.34. The fourth-order valence-corrected chi connectivity index (χ4v) is 4.05. The number of nitriles is 1. The van der Waals surface area contributed by atoms with E-state index < -0.39 is 34.5 Å². The van der Waals surface area contributed by atoms with E-state index in [9.17, 15) is 18.7 Å². The minimum atomic E-state index is -1.58. The molecule has 140 valence electrons. The van der Waals surface area contributed by atoms with Crippen LogP contribution in [-0.4, -0.2) is 33.8 Å². The lowest BCUT2D eigenvalue weighted by Crippen LogP contribution is -2.53. The number of fused-ring (bicyclic) bond motifs is 2. The molecule has 0 aliphatic carbocycles. The van der Waals surface area contributed by atoms with Gasteiger partial charge in [0.1, 0.15) is 23.3 Å². The first-order valence-corrected chi connectivity index (χ1v) is 8.67. The van der Waals surface area contributed by atoms with E-state index in [1.54, 1.807) is 31.7 Å². The van der Waals surface area contributed by atoms with Crippen LogP contribution in [0.1, 0.15) is 57.6 Å². The van der Waals surface area contributed by atoms with Crippen molar-refractivity contribution in [2.24, 2.45) is 0 Å². The Morgan fingerprint density at radius 2 is 1.85 bits per heavy atom. The number of piperidine rings is 1. The van der Waals surface area contributed by atoms with E-state index in [-0.39, 0.29) is 30.5 Å². The molecular weight excluding hydrogens is 342 g/mol. The highest BCUT2D eigenvalue weighted by molar-refractivity contribution is 5.70. The highest BCUT2D eigenvalue weighted by atomic mass is 19.1. The molecule has 2 unspecified atom stereocenters. The maximum atomic E-state index is 14.4. The first-order valence-electron chi connectivity index (χ1n) is 8.67. The Balaban J connectivity index is 1.88. The third-order valence-electron chi connectivity index (χ3n) is 5.05. The summed E-state index contributed by atoms with van der Waals surface area (Å²) in [6.07, 6.45) is 1.10. The number of halogens is 2. The number of hydrogen-bond acceptors (Lipinski definition) is 4. The van der Waals surface area contributed by atoms with Crippen molar-refractivity contribution in [3.05, 3.63) is 34.9 Å². The van der Waals surface area contributed by atoms with E-state index in [4.69, 9.17) is 10.00 Å². The Morgan fingerprint density at radius 1 is 1.27 bits per heavy atom. The van der Waals surface area contributed by atoms with Crippen molar-refractivity contribution in [1.29, 1.82) is 5.26 Å². The smallest absolute Gasteiger partial charge is 0.410 e. The molecule has 2 bridgehead atoms. The van der Waals surface area contributed by atoms with Crippen LogP contribution in [0.15, 0.2) is 12.1 Å². The van der Waals surface area contributed by atoms with Gasteiger partial charge in [-0.3, -0.25) is 0 Å². The van der Waals surface area contributed by atoms with Crippen molar-refractivity contribution in [2.75, 3.05) is 0 Å². The van der Waals surface area contributed by atoms with Crippen molar-refractivity contribution < 1.29 is 23.4 Å². The Hall–Kier alpha value is -2.20. The van der Waals surface area contributed by atoms with Crippen LogP contribution in [0.4, 0.5) is 13.6 Å². The zero-order valence-corrected chi connectivity index (χ0v) is 15.1. The maximum absolute atomic E-state index is 14.4. The summed E-state index contributed by atoms with van der Waals surface area (Å²) in [5.74, 6) is -1.67. The van der Waals surface area contributed by atoms with Gasteiger partial charge in [0.15, 0.2) is 0 Å². The van der Waals surface area contributed by atoms with Gasteiger partial charge in [-0.25, -0.2) is 13.6 Å². The Kier molecular flexibility index (Phi) is 4.43. The average Bonchev–Trinajstić information content (AvgIpc) is 2.80. The maximum Gasteiger partial charge on any atom is 0.410 e. The third kappa shape index (κ3) is 3.26. The Morgan fingerprint density at radius 3 is 2.35 bits per heavy atom. The lowest BCUT2D eigenvalue weighted by atomic mass is 9.80. The van der Waals surface area contributed by atoms with Crippen LogP contribution in [0, 0.1) is 23.0 Å². The molecule has 2 aliphatic heterocycles. The number of amides is 1. The van der Waals surface area contributed by atoms with Crippen LogP contribution in [0.3, 0.4) is 0 Å². The van der Waals surface area contributed by atoms with Gasteiger partial charge in [0.2, 0.25) is 0 Å².